The first kappa shape index (κ1) is 15.7. The molecule has 0 aliphatic carbocycles. The second kappa shape index (κ2) is 5.58. The lowest BCUT2D eigenvalue weighted by Gasteiger charge is -2.37. The number of benzene rings is 1. The first-order valence-corrected chi connectivity index (χ1v) is 10.3. The van der Waals surface area contributed by atoms with E-state index in [9.17, 15) is 9.19 Å². The molecule has 0 amide bonds. The van der Waals surface area contributed by atoms with Crippen molar-refractivity contribution in [3.63, 3.8) is 0 Å². The molecule has 0 aromatic heterocycles. The largest absolute Gasteiger partial charge is 0.432 e. The summed E-state index contributed by atoms with van der Waals surface area (Å²) in [6, 6.07) is 7.11. The molecule has 1 aromatic rings. The lowest BCUT2D eigenvalue weighted by molar-refractivity contribution is 0.386. The van der Waals surface area contributed by atoms with E-state index >= 15 is 0 Å². The zero-order chi connectivity index (χ0) is 15.0. The molecular formula is C16H26FNOSi. The Labute approximate surface area is 122 Å². The minimum atomic E-state index is -2.15. The Bertz CT molecular complexity index is 470. The number of halogens is 1. The van der Waals surface area contributed by atoms with E-state index in [1.165, 1.54) is 6.07 Å². The van der Waals surface area contributed by atoms with Crippen LogP contribution in [-0.2, 0) is 0 Å². The van der Waals surface area contributed by atoms with Crippen molar-refractivity contribution in [1.29, 1.82) is 0 Å². The molecule has 0 spiro atoms. The van der Waals surface area contributed by atoms with E-state index in [4.69, 9.17) is 0 Å². The SMILES string of the molecule is CC(C)(C[C@H]1CN[C@@H](c2cccc(F)c2)C1)[Si](C)(C)O. The van der Waals surface area contributed by atoms with Crippen LogP contribution in [-0.4, -0.2) is 19.7 Å². The fraction of sp³-hybridized carbons (Fsp3) is 0.625. The van der Waals surface area contributed by atoms with Gasteiger partial charge in [-0.05, 0) is 61.1 Å². The minimum absolute atomic E-state index is 0.0101. The summed E-state index contributed by atoms with van der Waals surface area (Å²) in [7, 11) is -2.15. The van der Waals surface area contributed by atoms with Crippen molar-refractivity contribution < 1.29 is 9.19 Å². The Balaban J connectivity index is 2.00. The van der Waals surface area contributed by atoms with Crippen LogP contribution >= 0.6 is 0 Å². The van der Waals surface area contributed by atoms with E-state index in [0.717, 1.165) is 24.9 Å². The summed E-state index contributed by atoms with van der Waals surface area (Å²) >= 11 is 0. The van der Waals surface area contributed by atoms with Crippen LogP contribution in [0.3, 0.4) is 0 Å². The molecule has 20 heavy (non-hydrogen) atoms. The first-order chi connectivity index (χ1) is 9.19. The maximum Gasteiger partial charge on any atom is 0.188 e. The molecule has 0 unspecified atom stereocenters. The van der Waals surface area contributed by atoms with E-state index < -0.39 is 8.32 Å². The highest BCUT2D eigenvalue weighted by molar-refractivity contribution is 6.72. The zero-order valence-corrected chi connectivity index (χ0v) is 13.9. The number of rotatable bonds is 4. The number of nitrogens with one attached hydrogen (secondary N) is 1. The average molecular weight is 295 g/mol. The van der Waals surface area contributed by atoms with Gasteiger partial charge >= 0.3 is 0 Å². The third-order valence-electron chi connectivity index (χ3n) is 4.93. The van der Waals surface area contributed by atoms with Crippen molar-refractivity contribution >= 4 is 8.32 Å². The maximum atomic E-state index is 13.3. The van der Waals surface area contributed by atoms with Gasteiger partial charge in [-0.2, -0.15) is 0 Å². The predicted molar refractivity (Wildman–Crippen MR) is 83.6 cm³/mol. The molecule has 0 radical (unpaired) electrons. The van der Waals surface area contributed by atoms with Crippen molar-refractivity contribution in [2.24, 2.45) is 5.92 Å². The Morgan fingerprint density at radius 2 is 2.10 bits per heavy atom. The van der Waals surface area contributed by atoms with Crippen LogP contribution in [0.5, 0.6) is 0 Å². The molecule has 1 aliphatic heterocycles. The van der Waals surface area contributed by atoms with Crippen molar-refractivity contribution in [3.05, 3.63) is 35.6 Å². The molecule has 4 heteroatoms. The van der Waals surface area contributed by atoms with Crippen LogP contribution in [0.2, 0.25) is 18.1 Å². The molecule has 2 N–H and O–H groups in total. The zero-order valence-electron chi connectivity index (χ0n) is 12.9. The lowest BCUT2D eigenvalue weighted by atomic mass is 9.92. The van der Waals surface area contributed by atoms with Crippen LogP contribution in [0.1, 0.15) is 38.3 Å². The predicted octanol–water partition coefficient (Wildman–Crippen LogP) is 3.84. The average Bonchev–Trinajstić information content (AvgIpc) is 2.75. The van der Waals surface area contributed by atoms with Gasteiger partial charge in [-0.3, -0.25) is 0 Å². The fourth-order valence-electron chi connectivity index (χ4n) is 2.91. The molecular weight excluding hydrogens is 269 g/mol. The van der Waals surface area contributed by atoms with E-state index in [0.29, 0.717) is 5.92 Å². The van der Waals surface area contributed by atoms with Crippen LogP contribution in [0.25, 0.3) is 0 Å². The van der Waals surface area contributed by atoms with Crippen molar-refractivity contribution in [2.45, 2.75) is 50.9 Å². The highest BCUT2D eigenvalue weighted by Crippen LogP contribution is 2.44. The van der Waals surface area contributed by atoms with Crippen LogP contribution in [0.15, 0.2) is 24.3 Å². The Morgan fingerprint density at radius 1 is 1.40 bits per heavy atom. The summed E-state index contributed by atoms with van der Waals surface area (Å²) in [6.07, 6.45) is 2.05. The smallest absolute Gasteiger partial charge is 0.188 e. The topological polar surface area (TPSA) is 32.3 Å². The summed E-state index contributed by atoms with van der Waals surface area (Å²) < 4.78 is 13.3. The van der Waals surface area contributed by atoms with Gasteiger partial charge in [-0.1, -0.05) is 26.0 Å². The lowest BCUT2D eigenvalue weighted by Crippen LogP contribution is -2.40. The molecule has 1 heterocycles. The van der Waals surface area contributed by atoms with Gasteiger partial charge in [0.1, 0.15) is 5.82 Å². The number of hydrogen-bond acceptors (Lipinski definition) is 2. The molecule has 1 aromatic carbocycles. The van der Waals surface area contributed by atoms with Gasteiger partial charge in [0.15, 0.2) is 8.32 Å². The van der Waals surface area contributed by atoms with Crippen molar-refractivity contribution in [1.82, 2.24) is 5.32 Å². The molecule has 0 bridgehead atoms. The van der Waals surface area contributed by atoms with Gasteiger partial charge in [0.2, 0.25) is 0 Å². The highest BCUT2D eigenvalue weighted by atomic mass is 28.4. The quantitative estimate of drug-likeness (QED) is 0.827. The summed E-state index contributed by atoms with van der Waals surface area (Å²) in [5.41, 5.74) is 1.03. The normalized spacial score (nSPS) is 24.1. The van der Waals surface area contributed by atoms with Crippen LogP contribution in [0.4, 0.5) is 4.39 Å². The van der Waals surface area contributed by atoms with Gasteiger partial charge in [-0.25, -0.2) is 4.39 Å². The second-order valence-electron chi connectivity index (χ2n) is 7.26. The van der Waals surface area contributed by atoms with Gasteiger partial charge < -0.3 is 10.1 Å². The Morgan fingerprint density at radius 3 is 2.70 bits per heavy atom. The van der Waals surface area contributed by atoms with Gasteiger partial charge in [0.25, 0.3) is 0 Å². The summed E-state index contributed by atoms with van der Waals surface area (Å²) in [5.74, 6) is 0.383. The van der Waals surface area contributed by atoms with Crippen molar-refractivity contribution in [2.75, 3.05) is 6.54 Å². The van der Waals surface area contributed by atoms with Crippen LogP contribution in [0, 0.1) is 11.7 Å². The Hall–Kier alpha value is -0.713. The van der Waals surface area contributed by atoms with Crippen LogP contribution < -0.4 is 5.32 Å². The standard InChI is InChI=1S/C16H26FNOSi/c1-16(2,20(3,4)19)10-12-8-15(18-11-12)13-6-5-7-14(17)9-13/h5-7,9,12,15,18-19H,8,10-11H2,1-4H3/t12-,15+/m0/s1. The molecule has 2 rings (SSSR count). The minimum Gasteiger partial charge on any atom is -0.432 e. The summed E-state index contributed by atoms with van der Waals surface area (Å²) in [6.45, 7) is 9.33. The fourth-order valence-corrected chi connectivity index (χ4v) is 3.70. The second-order valence-corrected chi connectivity index (χ2v) is 11.7. The van der Waals surface area contributed by atoms with Gasteiger partial charge in [0.05, 0.1) is 0 Å². The molecule has 1 fully saturated rings. The summed E-state index contributed by atoms with van der Waals surface area (Å²) in [5, 5.41) is 3.50. The third kappa shape index (κ3) is 3.48. The van der Waals surface area contributed by atoms with Gasteiger partial charge in [-0.15, -0.1) is 0 Å². The molecule has 0 saturated carbocycles. The van der Waals surface area contributed by atoms with E-state index in [2.05, 4.69) is 19.2 Å². The summed E-state index contributed by atoms with van der Waals surface area (Å²) in [4.78, 5) is 10.4. The van der Waals surface area contributed by atoms with Crippen molar-refractivity contribution in [3.8, 4) is 0 Å². The molecule has 112 valence electrons. The number of hydrogen-bond donors (Lipinski definition) is 2. The van der Waals surface area contributed by atoms with E-state index in [1.807, 2.05) is 19.2 Å². The highest BCUT2D eigenvalue weighted by Gasteiger charge is 2.41. The molecule has 1 aliphatic rings. The van der Waals surface area contributed by atoms with Gasteiger partial charge in [0, 0.05) is 6.04 Å². The van der Waals surface area contributed by atoms with E-state index in [-0.39, 0.29) is 16.9 Å². The monoisotopic (exact) mass is 295 g/mol. The first-order valence-electron chi connectivity index (χ1n) is 7.40. The maximum absolute atomic E-state index is 13.3. The Kier molecular flexibility index (Phi) is 4.37. The molecule has 2 atom stereocenters. The van der Waals surface area contributed by atoms with E-state index in [1.54, 1.807) is 12.1 Å². The molecule has 1 saturated heterocycles. The third-order valence-corrected chi connectivity index (χ3v) is 8.44. The molecule has 2 nitrogen and oxygen atoms in total.